The van der Waals surface area contributed by atoms with Crippen molar-refractivity contribution in [2.45, 2.75) is 13.8 Å². The van der Waals surface area contributed by atoms with E-state index >= 15 is 0 Å². The normalized spacial score (nSPS) is 12.5. The molecule has 18 rings (SSSR count). The Kier molecular flexibility index (Phi) is 13.7. The van der Waals surface area contributed by atoms with E-state index in [1.165, 1.54) is 122 Å². The number of fused-ring (bicyclic) bond motifs is 11. The molecule has 3 nitrogen and oxygen atoms in total. The Morgan fingerprint density at radius 3 is 0.750 bits per heavy atom. The van der Waals surface area contributed by atoms with E-state index in [1.54, 1.807) is 0 Å². The first-order valence-corrected chi connectivity index (χ1v) is 39.5. The molecule has 6 heteroatoms. The first-order chi connectivity index (χ1) is 47.5. The van der Waals surface area contributed by atoms with Crippen molar-refractivity contribution in [3.05, 3.63) is 375 Å². The first kappa shape index (κ1) is 57.3. The van der Waals surface area contributed by atoms with Crippen LogP contribution in [0, 0.1) is 6.92 Å². The Morgan fingerprint density at radius 1 is 0.208 bits per heavy atom. The summed E-state index contributed by atoms with van der Waals surface area (Å²) in [6.07, 6.45) is 2.39. The fourth-order valence-corrected chi connectivity index (χ4v) is 31.6. The third-order valence-corrected chi connectivity index (χ3v) is 35.5. The Morgan fingerprint density at radius 2 is 0.458 bits per heavy atom. The summed E-state index contributed by atoms with van der Waals surface area (Å²) < 4.78 is 7.94. The number of benzene rings is 14. The van der Waals surface area contributed by atoms with Gasteiger partial charge in [-0.15, -0.1) is 0 Å². The molecule has 0 aliphatic heterocycles. The van der Waals surface area contributed by atoms with E-state index in [2.05, 4.69) is 397 Å². The van der Waals surface area contributed by atoms with Gasteiger partial charge in [-0.05, 0) is 106 Å². The molecular weight excluding hydrogens is 1210 g/mol. The van der Waals surface area contributed by atoms with Gasteiger partial charge in [0, 0.05) is 37.8 Å². The third kappa shape index (κ3) is 8.29. The molecule has 14 aromatic carbocycles. The van der Waals surface area contributed by atoms with Gasteiger partial charge >= 0.3 is 0 Å². The maximum Gasteiger partial charge on any atom is 0.179 e. The van der Waals surface area contributed by atoms with E-state index < -0.39 is 24.2 Å². The van der Waals surface area contributed by atoms with Gasteiger partial charge in [0.2, 0.25) is 0 Å². The van der Waals surface area contributed by atoms with Gasteiger partial charge in [0.15, 0.2) is 24.2 Å². The number of rotatable bonds is 12. The quantitative estimate of drug-likeness (QED) is 0.0854. The van der Waals surface area contributed by atoms with E-state index in [-0.39, 0.29) is 0 Å². The number of hydrogen-bond donors (Lipinski definition) is 0. The topological polar surface area (TPSA) is 13.2 Å². The van der Waals surface area contributed by atoms with E-state index in [0.717, 1.165) is 22.2 Å². The van der Waals surface area contributed by atoms with Crippen LogP contribution in [0.25, 0.3) is 77.1 Å². The molecule has 454 valence electrons. The minimum absolute atomic E-state index is 1.14. The molecule has 0 radical (unpaired) electrons. The minimum atomic E-state index is -2.97. The molecule has 4 aromatic heterocycles. The van der Waals surface area contributed by atoms with Crippen LogP contribution < -0.4 is 67.5 Å². The van der Waals surface area contributed by atoms with Crippen LogP contribution in [0.3, 0.4) is 0 Å². The first-order valence-electron chi connectivity index (χ1n) is 33.5. The lowest BCUT2D eigenvalue weighted by atomic mass is 10.1. The second-order valence-corrected chi connectivity index (χ2v) is 37.2. The van der Waals surface area contributed by atoms with Gasteiger partial charge in [-0.3, -0.25) is 0 Å². The molecule has 18 aromatic rings. The highest BCUT2D eigenvalue weighted by atomic mass is 28.3. The van der Waals surface area contributed by atoms with Crippen molar-refractivity contribution in [2.75, 3.05) is 0 Å². The van der Waals surface area contributed by atoms with Crippen LogP contribution >= 0.6 is 0 Å². The molecule has 96 heavy (non-hydrogen) atoms. The minimum Gasteiger partial charge on any atom is -0.309 e. The Bertz CT molecular complexity index is 5770. The van der Waals surface area contributed by atoms with Gasteiger partial charge in [-0.2, -0.15) is 0 Å². The number of aryl methyl sites for hydroxylation is 1. The Balaban J connectivity index is 1.04. The van der Waals surface area contributed by atoms with Crippen molar-refractivity contribution in [1.29, 1.82) is 0 Å². The van der Waals surface area contributed by atoms with Crippen LogP contribution in [0.5, 0.6) is 0 Å². The van der Waals surface area contributed by atoms with E-state index in [9.17, 15) is 0 Å². The molecule has 0 fully saturated rings. The number of nitrogens with zero attached hydrogens (tertiary/aromatic N) is 3. The molecule has 4 heterocycles. The highest BCUT2D eigenvalue weighted by Crippen LogP contribution is 2.39. The zero-order valence-corrected chi connectivity index (χ0v) is 56.6. The zero-order chi connectivity index (χ0) is 64.0. The van der Waals surface area contributed by atoms with Crippen molar-refractivity contribution in [3.63, 3.8) is 0 Å². The second-order valence-electron chi connectivity index (χ2n) is 25.7. The summed E-state index contributed by atoms with van der Waals surface area (Å²) in [5.41, 5.74) is 10.5. The van der Waals surface area contributed by atoms with E-state index in [4.69, 9.17) is 0 Å². The highest BCUT2D eigenvalue weighted by Gasteiger charge is 2.45. The van der Waals surface area contributed by atoms with Gasteiger partial charge in [0.1, 0.15) is 0 Å². The van der Waals surface area contributed by atoms with Gasteiger partial charge in [0.05, 0.1) is 44.1 Å². The Hall–Kier alpha value is -11.4. The maximum absolute atomic E-state index is 2.97. The van der Waals surface area contributed by atoms with Gasteiger partial charge in [-0.25, -0.2) is 0 Å². The molecule has 0 spiro atoms. The molecule has 0 saturated heterocycles. The van der Waals surface area contributed by atoms with E-state index in [1.807, 2.05) is 0 Å². The summed E-state index contributed by atoms with van der Waals surface area (Å²) >= 11 is 0. The fourth-order valence-electron chi connectivity index (χ4n) is 17.3. The monoisotopic (exact) mass is 1270 g/mol. The molecule has 0 saturated carbocycles. The molecular formula is C90H67N3Si3. The van der Waals surface area contributed by atoms with E-state index in [0.29, 0.717) is 0 Å². The summed E-state index contributed by atoms with van der Waals surface area (Å²) in [5, 5.41) is 23.5. The summed E-state index contributed by atoms with van der Waals surface area (Å²) in [7, 11) is -8.92. The second kappa shape index (κ2) is 23.0. The zero-order valence-electron chi connectivity index (χ0n) is 53.6. The maximum atomic E-state index is 2.65. The molecule has 0 amide bonds. The lowest BCUT2D eigenvalue weighted by Crippen LogP contribution is -2.74. The van der Waals surface area contributed by atoms with Crippen molar-refractivity contribution in [2.24, 2.45) is 0 Å². The van der Waals surface area contributed by atoms with Crippen molar-refractivity contribution < 1.29 is 0 Å². The van der Waals surface area contributed by atoms with Crippen LogP contribution in [-0.2, 0) is 0 Å². The van der Waals surface area contributed by atoms with Gasteiger partial charge in [0.25, 0.3) is 0 Å². The van der Waals surface area contributed by atoms with Crippen molar-refractivity contribution in [1.82, 2.24) is 13.2 Å². The summed E-state index contributed by atoms with van der Waals surface area (Å²) in [6.45, 7) is 4.65. The summed E-state index contributed by atoms with van der Waals surface area (Å²) in [5.74, 6) is 0. The average molecular weight is 1270 g/mol. The molecule has 0 aliphatic carbocycles. The third-order valence-electron chi connectivity index (χ3n) is 21.1. The SMILES string of the molecule is C/C=c1/c2cc([Si](c3ccccc3)(c3ccccc3)c3ccccc3)ccc2n2c1c(C)n1c3ccc([Si](c4ccccc4)(c4ccccc4)c4ccccc4)cc3c3cccc(c31)n1c3ccc([Si](c4ccccc4)(c4ccccc4)c4ccccc4)cc3c3cccc2c31. The molecule has 0 bridgehead atoms. The lowest BCUT2D eigenvalue weighted by Gasteiger charge is -2.34. The van der Waals surface area contributed by atoms with Crippen LogP contribution in [0.1, 0.15) is 12.6 Å². The van der Waals surface area contributed by atoms with Crippen LogP contribution in [-0.4, -0.2) is 37.4 Å². The van der Waals surface area contributed by atoms with Crippen molar-refractivity contribution in [3.8, 4) is 0 Å². The van der Waals surface area contributed by atoms with Gasteiger partial charge in [-0.1, -0.05) is 340 Å². The predicted molar refractivity (Wildman–Crippen MR) is 417 cm³/mol. The molecule has 0 N–H and O–H groups in total. The summed E-state index contributed by atoms with van der Waals surface area (Å²) in [6, 6.07) is 139. The molecule has 0 aliphatic rings. The van der Waals surface area contributed by atoms with Gasteiger partial charge < -0.3 is 13.2 Å². The lowest BCUT2D eigenvalue weighted by molar-refractivity contribution is 1.15. The highest BCUT2D eigenvalue weighted by molar-refractivity contribution is 7.21. The summed E-state index contributed by atoms with van der Waals surface area (Å²) in [4.78, 5) is 0. The predicted octanol–water partition coefficient (Wildman–Crippen LogP) is 12.7. The molecule has 0 unspecified atom stereocenters. The van der Waals surface area contributed by atoms with Crippen molar-refractivity contribution >= 4 is 164 Å². The van der Waals surface area contributed by atoms with Crippen LogP contribution in [0.2, 0.25) is 0 Å². The largest absolute Gasteiger partial charge is 0.309 e. The number of hydrogen-bond acceptors (Lipinski definition) is 0. The fraction of sp³-hybridized carbons (Fsp3) is 0.0222. The molecule has 0 atom stereocenters. The number of para-hydroxylation sites is 2. The van der Waals surface area contributed by atoms with Crippen LogP contribution in [0.15, 0.2) is 364 Å². The standard InChI is InChI=1S/C90H67N3Si3/c1-3-77-80-61-74(94(65-33-13-4-14-34-65,66-35-15-5-16-36-66)67-37-17-6-18-38-67)56-59-84(80)92-87-54-32-52-79-82-63-76(96(71-45-25-10-26-46-71,72-47-27-11-28-48-72)73-49-29-12-30-50-73)57-60-85(82)93(90(79)87)86-53-31-51-78-81-62-75(55-58-83(81)91(89(78)86)64(2)88(77)92)95(68-39-19-7-20-40-68,69-41-21-8-22-42-69)70-43-23-9-24-44-70/h3-63H,1-2H3/b77-3-,88-64?. The number of aromatic nitrogens is 3. The van der Waals surface area contributed by atoms with Crippen LogP contribution in [0.4, 0.5) is 0 Å². The smallest absolute Gasteiger partial charge is 0.179 e. The Labute approximate surface area is 561 Å². The average Bonchev–Trinajstić information content (AvgIpc) is 1.50.